The zero-order valence-corrected chi connectivity index (χ0v) is 11.4. The summed E-state index contributed by atoms with van der Waals surface area (Å²) in [5.41, 5.74) is 3.13. The Labute approximate surface area is 113 Å². The van der Waals surface area contributed by atoms with Crippen molar-refractivity contribution in [2.45, 2.75) is 19.9 Å². The average Bonchev–Trinajstić information content (AvgIpc) is 2.41. The lowest BCUT2D eigenvalue weighted by Crippen LogP contribution is -2.07. The SMILES string of the molecule is COc1ccc(C(C)Nc2ccc(C)cc2)cc1F. The first-order valence-electron chi connectivity index (χ1n) is 6.27. The minimum Gasteiger partial charge on any atom is -0.494 e. The molecule has 100 valence electrons. The summed E-state index contributed by atoms with van der Waals surface area (Å²) < 4.78 is 18.6. The third kappa shape index (κ3) is 3.25. The van der Waals surface area contributed by atoms with Gasteiger partial charge in [0.1, 0.15) is 0 Å². The van der Waals surface area contributed by atoms with Gasteiger partial charge in [-0.05, 0) is 43.7 Å². The number of ether oxygens (including phenoxy) is 1. The van der Waals surface area contributed by atoms with E-state index in [4.69, 9.17) is 4.74 Å². The zero-order chi connectivity index (χ0) is 13.8. The third-order valence-corrected chi connectivity index (χ3v) is 3.11. The highest BCUT2D eigenvalue weighted by Gasteiger charge is 2.09. The molecule has 0 saturated carbocycles. The van der Waals surface area contributed by atoms with Gasteiger partial charge >= 0.3 is 0 Å². The Kier molecular flexibility index (Phi) is 4.05. The van der Waals surface area contributed by atoms with Gasteiger partial charge < -0.3 is 10.1 Å². The van der Waals surface area contributed by atoms with Crippen LogP contribution < -0.4 is 10.1 Å². The van der Waals surface area contributed by atoms with Crippen LogP contribution in [0.15, 0.2) is 42.5 Å². The molecule has 1 atom stereocenters. The van der Waals surface area contributed by atoms with Gasteiger partial charge in [-0.1, -0.05) is 23.8 Å². The summed E-state index contributed by atoms with van der Waals surface area (Å²) in [5, 5.41) is 3.34. The largest absolute Gasteiger partial charge is 0.494 e. The Hall–Kier alpha value is -2.03. The first-order valence-corrected chi connectivity index (χ1v) is 6.27. The van der Waals surface area contributed by atoms with Crippen molar-refractivity contribution >= 4 is 5.69 Å². The molecule has 0 spiro atoms. The van der Waals surface area contributed by atoms with Crippen LogP contribution in [0.25, 0.3) is 0 Å². The van der Waals surface area contributed by atoms with E-state index in [0.29, 0.717) is 0 Å². The maximum atomic E-state index is 13.6. The Morgan fingerprint density at radius 3 is 2.37 bits per heavy atom. The number of aryl methyl sites for hydroxylation is 1. The molecule has 0 aliphatic carbocycles. The van der Waals surface area contributed by atoms with Crippen LogP contribution in [0.4, 0.5) is 10.1 Å². The van der Waals surface area contributed by atoms with Gasteiger partial charge in [-0.25, -0.2) is 4.39 Å². The summed E-state index contributed by atoms with van der Waals surface area (Å²) in [6.45, 7) is 4.05. The van der Waals surface area contributed by atoms with Gasteiger partial charge in [-0.2, -0.15) is 0 Å². The van der Waals surface area contributed by atoms with E-state index in [0.717, 1.165) is 11.3 Å². The molecule has 0 bridgehead atoms. The molecule has 1 N–H and O–H groups in total. The van der Waals surface area contributed by atoms with E-state index in [1.165, 1.54) is 18.7 Å². The molecule has 0 amide bonds. The van der Waals surface area contributed by atoms with Gasteiger partial charge in [0.15, 0.2) is 11.6 Å². The fraction of sp³-hybridized carbons (Fsp3) is 0.250. The summed E-state index contributed by atoms with van der Waals surface area (Å²) in [4.78, 5) is 0. The van der Waals surface area contributed by atoms with Gasteiger partial charge in [0.05, 0.1) is 7.11 Å². The minimum atomic E-state index is -0.336. The maximum Gasteiger partial charge on any atom is 0.165 e. The molecule has 0 aliphatic heterocycles. The molecule has 2 aromatic rings. The van der Waals surface area contributed by atoms with Gasteiger partial charge in [0.25, 0.3) is 0 Å². The highest BCUT2D eigenvalue weighted by atomic mass is 19.1. The topological polar surface area (TPSA) is 21.3 Å². The minimum absolute atomic E-state index is 0.0307. The summed E-state index contributed by atoms with van der Waals surface area (Å²) in [6, 6.07) is 13.2. The zero-order valence-electron chi connectivity index (χ0n) is 11.4. The van der Waals surface area contributed by atoms with E-state index in [1.807, 2.05) is 44.2 Å². The number of halogens is 1. The smallest absolute Gasteiger partial charge is 0.165 e. The number of hydrogen-bond donors (Lipinski definition) is 1. The van der Waals surface area contributed by atoms with Crippen molar-refractivity contribution in [2.75, 3.05) is 12.4 Å². The van der Waals surface area contributed by atoms with E-state index >= 15 is 0 Å². The van der Waals surface area contributed by atoms with Crippen molar-refractivity contribution in [1.29, 1.82) is 0 Å². The molecule has 0 radical (unpaired) electrons. The Morgan fingerprint density at radius 2 is 1.79 bits per heavy atom. The highest BCUT2D eigenvalue weighted by Crippen LogP contribution is 2.24. The number of hydrogen-bond acceptors (Lipinski definition) is 2. The quantitative estimate of drug-likeness (QED) is 0.883. The molecule has 0 saturated heterocycles. The number of methoxy groups -OCH3 is 1. The molecule has 0 aliphatic rings. The predicted molar refractivity (Wildman–Crippen MR) is 76.2 cm³/mol. The molecule has 0 fully saturated rings. The van der Waals surface area contributed by atoms with E-state index in [9.17, 15) is 4.39 Å². The summed E-state index contributed by atoms with van der Waals surface area (Å²) in [5.74, 6) is -0.0659. The predicted octanol–water partition coefficient (Wildman–Crippen LogP) is 4.32. The molecular weight excluding hydrogens is 241 g/mol. The van der Waals surface area contributed by atoms with Crippen LogP contribution in [0.1, 0.15) is 24.1 Å². The molecule has 2 nitrogen and oxygen atoms in total. The second-order valence-corrected chi connectivity index (χ2v) is 4.63. The van der Waals surface area contributed by atoms with Crippen molar-refractivity contribution in [2.24, 2.45) is 0 Å². The molecule has 3 heteroatoms. The summed E-state index contributed by atoms with van der Waals surface area (Å²) in [7, 11) is 1.46. The van der Waals surface area contributed by atoms with Crippen LogP contribution in [0.2, 0.25) is 0 Å². The van der Waals surface area contributed by atoms with E-state index in [1.54, 1.807) is 6.07 Å². The monoisotopic (exact) mass is 259 g/mol. The van der Waals surface area contributed by atoms with Crippen LogP contribution in [-0.4, -0.2) is 7.11 Å². The van der Waals surface area contributed by atoms with Gasteiger partial charge in [0.2, 0.25) is 0 Å². The van der Waals surface area contributed by atoms with Crippen LogP contribution in [0.5, 0.6) is 5.75 Å². The first kappa shape index (κ1) is 13.4. The van der Waals surface area contributed by atoms with Crippen molar-refractivity contribution in [1.82, 2.24) is 0 Å². The molecule has 2 aromatic carbocycles. The Balaban J connectivity index is 2.13. The van der Waals surface area contributed by atoms with Crippen LogP contribution in [-0.2, 0) is 0 Å². The lowest BCUT2D eigenvalue weighted by molar-refractivity contribution is 0.386. The molecule has 0 heterocycles. The molecule has 1 unspecified atom stereocenters. The number of rotatable bonds is 4. The van der Waals surface area contributed by atoms with Crippen molar-refractivity contribution in [3.05, 3.63) is 59.4 Å². The number of nitrogens with one attached hydrogen (secondary N) is 1. The summed E-state index contributed by atoms with van der Waals surface area (Å²) >= 11 is 0. The molecule has 0 aromatic heterocycles. The Morgan fingerprint density at radius 1 is 1.11 bits per heavy atom. The van der Waals surface area contributed by atoms with Crippen LogP contribution in [0, 0.1) is 12.7 Å². The molecule has 19 heavy (non-hydrogen) atoms. The maximum absolute atomic E-state index is 13.6. The van der Waals surface area contributed by atoms with Gasteiger partial charge in [-0.15, -0.1) is 0 Å². The first-order chi connectivity index (χ1) is 9.10. The fourth-order valence-corrected chi connectivity index (χ4v) is 1.94. The van der Waals surface area contributed by atoms with Crippen molar-refractivity contribution < 1.29 is 9.13 Å². The lowest BCUT2D eigenvalue weighted by Gasteiger charge is -2.16. The van der Waals surface area contributed by atoms with Crippen LogP contribution in [0.3, 0.4) is 0 Å². The third-order valence-electron chi connectivity index (χ3n) is 3.11. The normalized spacial score (nSPS) is 12.0. The summed E-state index contributed by atoms with van der Waals surface area (Å²) in [6.07, 6.45) is 0. The molecular formula is C16H18FNO. The standard InChI is InChI=1S/C16H18FNO/c1-11-4-7-14(8-5-11)18-12(2)13-6-9-16(19-3)15(17)10-13/h4-10,12,18H,1-3H3. The number of anilines is 1. The van der Waals surface area contributed by atoms with E-state index in [2.05, 4.69) is 5.32 Å². The van der Waals surface area contributed by atoms with Gasteiger partial charge in [-0.3, -0.25) is 0 Å². The lowest BCUT2D eigenvalue weighted by atomic mass is 10.1. The second-order valence-electron chi connectivity index (χ2n) is 4.63. The Bertz CT molecular complexity index is 551. The average molecular weight is 259 g/mol. The number of benzene rings is 2. The highest BCUT2D eigenvalue weighted by molar-refractivity contribution is 5.47. The van der Waals surface area contributed by atoms with Crippen molar-refractivity contribution in [3.8, 4) is 5.75 Å². The van der Waals surface area contributed by atoms with Crippen molar-refractivity contribution in [3.63, 3.8) is 0 Å². The van der Waals surface area contributed by atoms with E-state index < -0.39 is 0 Å². The fourth-order valence-electron chi connectivity index (χ4n) is 1.94. The van der Waals surface area contributed by atoms with Gasteiger partial charge in [0, 0.05) is 11.7 Å². The van der Waals surface area contributed by atoms with Crippen LogP contribution >= 0.6 is 0 Å². The molecule has 2 rings (SSSR count). The van der Waals surface area contributed by atoms with E-state index in [-0.39, 0.29) is 17.6 Å². The second kappa shape index (κ2) is 5.74.